The van der Waals surface area contributed by atoms with Crippen molar-refractivity contribution in [2.24, 2.45) is 5.92 Å². The molecule has 0 fully saturated rings. The molecule has 0 aliphatic rings. The second kappa shape index (κ2) is 10.0. The third kappa shape index (κ3) is 6.10. The highest BCUT2D eigenvalue weighted by Gasteiger charge is 2.28. The molecule has 0 bridgehead atoms. The van der Waals surface area contributed by atoms with Gasteiger partial charge in [-0.3, -0.25) is 9.59 Å². The number of halogens is 1. The second-order valence-corrected chi connectivity index (χ2v) is 6.88. The van der Waals surface area contributed by atoms with E-state index in [1.165, 1.54) is 11.8 Å². The van der Waals surface area contributed by atoms with Gasteiger partial charge in [-0.15, -0.1) is 0 Å². The Kier molecular flexibility index (Phi) is 8.75. The molecule has 0 amide bonds. The van der Waals surface area contributed by atoms with Gasteiger partial charge in [0, 0.05) is 10.9 Å². The predicted molar refractivity (Wildman–Crippen MR) is 91.6 cm³/mol. The topological polar surface area (TPSA) is 63.6 Å². The van der Waals surface area contributed by atoms with E-state index in [9.17, 15) is 14.7 Å². The molecule has 0 unspecified atom stereocenters. The second-order valence-electron chi connectivity index (χ2n) is 4.70. The van der Waals surface area contributed by atoms with Gasteiger partial charge in [0.15, 0.2) is 5.12 Å². The molecule has 22 heavy (non-hydrogen) atoms. The van der Waals surface area contributed by atoms with Crippen LogP contribution in [0.5, 0.6) is 0 Å². The number of carbonyl (C=O) groups excluding carboxylic acids is 2. The Labute approximate surface area is 143 Å². The largest absolute Gasteiger partial charge is 0.466 e. The number of rotatable bonds is 8. The third-order valence-corrected chi connectivity index (χ3v) is 4.55. The number of carbonyl (C=O) groups is 2. The summed E-state index contributed by atoms with van der Waals surface area (Å²) in [6.45, 7) is 3.94. The Morgan fingerprint density at radius 3 is 2.45 bits per heavy atom. The Balaban J connectivity index is 2.81. The standard InChI is InChI=1S/C16H21BrO4S/c1-3-21-14(18)10-9-13(16(20)22-4-2)15(19)11-5-7-12(17)8-6-11/h5-8,13,15,19H,3-4,9-10H2,1-2H3/t13-,15-/m1/s1. The molecule has 122 valence electrons. The lowest BCUT2D eigenvalue weighted by molar-refractivity contribution is -0.143. The zero-order valence-electron chi connectivity index (χ0n) is 12.8. The van der Waals surface area contributed by atoms with E-state index in [-0.39, 0.29) is 23.9 Å². The van der Waals surface area contributed by atoms with Crippen LogP contribution in [0.15, 0.2) is 28.7 Å². The molecular weight excluding hydrogens is 368 g/mol. The van der Waals surface area contributed by atoms with E-state index < -0.39 is 12.0 Å². The Morgan fingerprint density at radius 2 is 1.91 bits per heavy atom. The lowest BCUT2D eigenvalue weighted by Crippen LogP contribution is -2.22. The van der Waals surface area contributed by atoms with Crippen molar-refractivity contribution in [1.29, 1.82) is 0 Å². The maximum absolute atomic E-state index is 12.2. The van der Waals surface area contributed by atoms with Crippen LogP contribution in [0.1, 0.15) is 38.4 Å². The monoisotopic (exact) mass is 388 g/mol. The van der Waals surface area contributed by atoms with Gasteiger partial charge in [0.2, 0.25) is 0 Å². The van der Waals surface area contributed by atoms with Crippen molar-refractivity contribution in [3.8, 4) is 0 Å². The molecular formula is C16H21BrO4S. The summed E-state index contributed by atoms with van der Waals surface area (Å²) in [5.74, 6) is -0.317. The molecule has 0 heterocycles. The first-order valence-electron chi connectivity index (χ1n) is 7.25. The van der Waals surface area contributed by atoms with Crippen LogP contribution in [-0.4, -0.2) is 28.6 Å². The fraction of sp³-hybridized carbons (Fsp3) is 0.500. The van der Waals surface area contributed by atoms with Crippen LogP contribution >= 0.6 is 27.7 Å². The third-order valence-electron chi connectivity index (χ3n) is 3.15. The van der Waals surface area contributed by atoms with Gasteiger partial charge in [0.25, 0.3) is 0 Å². The summed E-state index contributed by atoms with van der Waals surface area (Å²) in [6.07, 6.45) is -0.515. The van der Waals surface area contributed by atoms with E-state index >= 15 is 0 Å². The molecule has 1 N–H and O–H groups in total. The van der Waals surface area contributed by atoms with E-state index in [1.54, 1.807) is 19.1 Å². The zero-order valence-corrected chi connectivity index (χ0v) is 15.2. The zero-order chi connectivity index (χ0) is 16.5. The van der Waals surface area contributed by atoms with Crippen molar-refractivity contribution in [1.82, 2.24) is 0 Å². The highest BCUT2D eigenvalue weighted by atomic mass is 79.9. The van der Waals surface area contributed by atoms with Crippen LogP contribution in [-0.2, 0) is 14.3 Å². The molecule has 0 saturated heterocycles. The Morgan fingerprint density at radius 1 is 1.27 bits per heavy atom. The summed E-state index contributed by atoms with van der Waals surface area (Å²) in [5, 5.41) is 10.4. The molecule has 1 rings (SSSR count). The number of aliphatic hydroxyl groups is 1. The van der Waals surface area contributed by atoms with Crippen LogP contribution in [0.25, 0.3) is 0 Å². The highest BCUT2D eigenvalue weighted by molar-refractivity contribution is 9.10. The van der Waals surface area contributed by atoms with Crippen LogP contribution in [0.3, 0.4) is 0 Å². The fourth-order valence-electron chi connectivity index (χ4n) is 2.05. The minimum absolute atomic E-state index is 0.0952. The van der Waals surface area contributed by atoms with Crippen molar-refractivity contribution >= 4 is 38.8 Å². The molecule has 0 radical (unpaired) electrons. The van der Waals surface area contributed by atoms with Gasteiger partial charge < -0.3 is 9.84 Å². The Bertz CT molecular complexity index is 489. The molecule has 6 heteroatoms. The first-order valence-corrected chi connectivity index (χ1v) is 9.03. The molecule has 1 aromatic carbocycles. The number of hydrogen-bond donors (Lipinski definition) is 1. The normalized spacial score (nSPS) is 13.5. The van der Waals surface area contributed by atoms with Gasteiger partial charge in [0.1, 0.15) is 0 Å². The molecule has 4 nitrogen and oxygen atoms in total. The molecule has 0 spiro atoms. The SMILES string of the molecule is CCOC(=O)CC[C@@H](C(=O)SCC)[C@H](O)c1ccc(Br)cc1. The van der Waals surface area contributed by atoms with Crippen LogP contribution < -0.4 is 0 Å². The van der Waals surface area contributed by atoms with Crippen molar-refractivity contribution in [2.45, 2.75) is 32.8 Å². The maximum Gasteiger partial charge on any atom is 0.305 e. The summed E-state index contributed by atoms with van der Waals surface area (Å²) in [4.78, 5) is 23.7. The molecule has 2 atom stereocenters. The van der Waals surface area contributed by atoms with E-state index in [0.29, 0.717) is 17.9 Å². The highest BCUT2D eigenvalue weighted by Crippen LogP contribution is 2.31. The van der Waals surface area contributed by atoms with Gasteiger partial charge in [-0.25, -0.2) is 0 Å². The average molecular weight is 389 g/mol. The number of esters is 1. The quantitative estimate of drug-likeness (QED) is 0.687. The van der Waals surface area contributed by atoms with Gasteiger partial charge >= 0.3 is 5.97 Å². The predicted octanol–water partition coefficient (Wildman–Crippen LogP) is 3.72. The van der Waals surface area contributed by atoms with Crippen molar-refractivity contribution < 1.29 is 19.4 Å². The van der Waals surface area contributed by atoms with Gasteiger partial charge in [-0.1, -0.05) is 46.7 Å². The van der Waals surface area contributed by atoms with E-state index in [1.807, 2.05) is 19.1 Å². The minimum Gasteiger partial charge on any atom is -0.466 e. The van der Waals surface area contributed by atoms with Crippen LogP contribution in [0.2, 0.25) is 0 Å². The number of aliphatic hydroxyl groups excluding tert-OH is 1. The van der Waals surface area contributed by atoms with Gasteiger partial charge in [0.05, 0.1) is 18.6 Å². The summed E-state index contributed by atoms with van der Waals surface area (Å²) in [5.41, 5.74) is 0.669. The van der Waals surface area contributed by atoms with Gasteiger partial charge in [-0.05, 0) is 36.8 Å². The molecule has 1 aromatic rings. The number of hydrogen-bond acceptors (Lipinski definition) is 5. The van der Waals surface area contributed by atoms with E-state index in [2.05, 4.69) is 15.9 Å². The van der Waals surface area contributed by atoms with Crippen LogP contribution in [0.4, 0.5) is 0 Å². The summed E-state index contributed by atoms with van der Waals surface area (Å²) < 4.78 is 5.79. The molecule has 0 aromatic heterocycles. The van der Waals surface area contributed by atoms with E-state index in [0.717, 1.165) is 4.47 Å². The number of benzene rings is 1. The fourth-order valence-corrected chi connectivity index (χ4v) is 3.06. The summed E-state index contributed by atoms with van der Waals surface area (Å²) in [7, 11) is 0. The molecule has 0 aliphatic carbocycles. The lowest BCUT2D eigenvalue weighted by Gasteiger charge is -2.21. The minimum atomic E-state index is -0.922. The summed E-state index contributed by atoms with van der Waals surface area (Å²) in [6, 6.07) is 7.18. The lowest BCUT2D eigenvalue weighted by atomic mass is 9.92. The number of ether oxygens (including phenoxy) is 1. The first kappa shape index (κ1) is 19.2. The number of thioether (sulfide) groups is 1. The Hall–Kier alpha value is -0.850. The van der Waals surface area contributed by atoms with Crippen LogP contribution in [0, 0.1) is 5.92 Å². The smallest absolute Gasteiger partial charge is 0.305 e. The van der Waals surface area contributed by atoms with Crippen molar-refractivity contribution in [3.63, 3.8) is 0 Å². The maximum atomic E-state index is 12.2. The molecule has 0 saturated carbocycles. The van der Waals surface area contributed by atoms with E-state index in [4.69, 9.17) is 4.74 Å². The van der Waals surface area contributed by atoms with Gasteiger partial charge in [-0.2, -0.15) is 0 Å². The average Bonchev–Trinajstić information content (AvgIpc) is 2.48. The van der Waals surface area contributed by atoms with Crippen molar-refractivity contribution in [3.05, 3.63) is 34.3 Å². The summed E-state index contributed by atoms with van der Waals surface area (Å²) >= 11 is 4.51. The first-order chi connectivity index (χ1) is 10.5. The molecule has 0 aliphatic heterocycles. The van der Waals surface area contributed by atoms with Crippen molar-refractivity contribution in [2.75, 3.05) is 12.4 Å².